The van der Waals surface area contributed by atoms with Gasteiger partial charge in [-0.3, -0.25) is 9.59 Å². The van der Waals surface area contributed by atoms with E-state index in [1.807, 2.05) is 36.4 Å². The first-order valence-corrected chi connectivity index (χ1v) is 11.8. The van der Waals surface area contributed by atoms with Crippen molar-refractivity contribution in [1.82, 2.24) is 4.98 Å². The Morgan fingerprint density at radius 3 is 2.65 bits per heavy atom. The van der Waals surface area contributed by atoms with Crippen LogP contribution in [0.3, 0.4) is 0 Å². The summed E-state index contributed by atoms with van der Waals surface area (Å²) >= 11 is 1.66. The first kappa shape index (κ1) is 21.9. The normalized spacial score (nSPS) is 15.7. The van der Waals surface area contributed by atoms with Gasteiger partial charge in [-0.1, -0.05) is 6.07 Å². The molecule has 0 unspecified atom stereocenters. The van der Waals surface area contributed by atoms with E-state index < -0.39 is 12.1 Å². The van der Waals surface area contributed by atoms with Gasteiger partial charge in [0, 0.05) is 16.9 Å². The third-order valence-electron chi connectivity index (χ3n) is 5.63. The molecule has 1 aliphatic heterocycles. The number of hydrogen-bond acceptors (Lipinski definition) is 6. The average molecular weight is 473 g/mol. The highest BCUT2D eigenvalue weighted by Gasteiger charge is 2.24. The maximum absolute atomic E-state index is 12.7. The van der Waals surface area contributed by atoms with Crippen LogP contribution >= 0.6 is 11.3 Å². The molecule has 0 saturated heterocycles. The van der Waals surface area contributed by atoms with Crippen molar-refractivity contribution in [3.8, 4) is 16.3 Å². The molecule has 0 saturated carbocycles. The first-order valence-electron chi connectivity index (χ1n) is 11.0. The van der Waals surface area contributed by atoms with Gasteiger partial charge in [0.1, 0.15) is 16.8 Å². The van der Waals surface area contributed by atoms with Crippen LogP contribution in [0.25, 0.3) is 20.8 Å². The van der Waals surface area contributed by atoms with Gasteiger partial charge in [0.2, 0.25) is 5.91 Å². The number of benzene rings is 3. The highest BCUT2D eigenvalue weighted by atomic mass is 32.1. The van der Waals surface area contributed by atoms with Gasteiger partial charge in [0.05, 0.1) is 15.9 Å². The van der Waals surface area contributed by atoms with Crippen LogP contribution in [0.5, 0.6) is 5.75 Å². The number of ether oxygens (including phenoxy) is 1. The topological polar surface area (TPSA) is 92.4 Å². The highest BCUT2D eigenvalue weighted by molar-refractivity contribution is 7.21. The smallest absolute Gasteiger partial charge is 0.265 e. The second-order valence-electron chi connectivity index (χ2n) is 8.38. The molecule has 5 rings (SSSR count). The van der Waals surface area contributed by atoms with Crippen molar-refractivity contribution >= 4 is 50.4 Å². The molecule has 2 amide bonds. The van der Waals surface area contributed by atoms with Crippen LogP contribution in [-0.4, -0.2) is 28.9 Å². The van der Waals surface area contributed by atoms with E-state index in [4.69, 9.17) is 9.72 Å². The number of rotatable bonds is 5. The van der Waals surface area contributed by atoms with E-state index in [1.54, 1.807) is 37.3 Å². The van der Waals surface area contributed by atoms with Crippen LogP contribution < -0.4 is 20.7 Å². The third kappa shape index (κ3) is 4.45. The summed E-state index contributed by atoms with van der Waals surface area (Å²) < 4.78 is 6.73. The molecule has 1 aromatic heterocycles. The molecule has 3 N–H and O–H groups in total. The molecule has 0 bridgehead atoms. The Morgan fingerprint density at radius 2 is 1.85 bits per heavy atom. The summed E-state index contributed by atoms with van der Waals surface area (Å²) in [5.74, 6) is 0.243. The fraction of sp³-hybridized carbons (Fsp3) is 0.192. The molecule has 2 heterocycles. The Balaban J connectivity index is 1.23. The standard InChI is InChI=1S/C26H24N4O3S/c1-14-4-10-20-23(12-14)34-26(30-20)17-5-7-18(8-6-17)28-24(31)15(2)27-19-9-11-22-21(13-19)29-25(32)16(3)33-22/h4-13,15-16,27H,1-3H3,(H,28,31)(H,29,32)/t15-,16+/m0/s1. The zero-order chi connectivity index (χ0) is 23.8. The maximum Gasteiger partial charge on any atom is 0.265 e. The first-order chi connectivity index (χ1) is 16.4. The number of fused-ring (bicyclic) bond motifs is 2. The summed E-state index contributed by atoms with van der Waals surface area (Å²) in [6.45, 7) is 5.55. The molecule has 0 spiro atoms. The molecule has 34 heavy (non-hydrogen) atoms. The Bertz CT molecular complexity index is 1400. The molecule has 0 fully saturated rings. The number of aromatic nitrogens is 1. The van der Waals surface area contributed by atoms with E-state index in [0.717, 1.165) is 20.8 Å². The quantitative estimate of drug-likeness (QED) is 0.360. The lowest BCUT2D eigenvalue weighted by Gasteiger charge is -2.24. The van der Waals surface area contributed by atoms with Gasteiger partial charge < -0.3 is 20.7 Å². The molecule has 172 valence electrons. The van der Waals surface area contributed by atoms with Crippen molar-refractivity contribution in [2.75, 3.05) is 16.0 Å². The van der Waals surface area contributed by atoms with Gasteiger partial charge in [-0.25, -0.2) is 4.98 Å². The number of amides is 2. The van der Waals surface area contributed by atoms with Gasteiger partial charge >= 0.3 is 0 Å². The Hall–Kier alpha value is -3.91. The molecular formula is C26H24N4O3S. The minimum absolute atomic E-state index is 0.171. The van der Waals surface area contributed by atoms with Crippen molar-refractivity contribution in [3.05, 3.63) is 66.2 Å². The zero-order valence-electron chi connectivity index (χ0n) is 19.0. The van der Waals surface area contributed by atoms with Gasteiger partial charge in [-0.05, 0) is 80.9 Å². The second-order valence-corrected chi connectivity index (χ2v) is 9.41. The molecular weight excluding hydrogens is 448 g/mol. The van der Waals surface area contributed by atoms with Crippen molar-refractivity contribution in [1.29, 1.82) is 0 Å². The lowest BCUT2D eigenvalue weighted by Crippen LogP contribution is -2.34. The van der Waals surface area contributed by atoms with E-state index in [1.165, 1.54) is 5.56 Å². The monoisotopic (exact) mass is 472 g/mol. The van der Waals surface area contributed by atoms with Crippen LogP contribution in [-0.2, 0) is 9.59 Å². The van der Waals surface area contributed by atoms with Gasteiger partial charge in [0.15, 0.2) is 6.10 Å². The van der Waals surface area contributed by atoms with Crippen LogP contribution in [0.2, 0.25) is 0 Å². The van der Waals surface area contributed by atoms with Crippen LogP contribution in [0, 0.1) is 6.92 Å². The number of anilines is 3. The van der Waals surface area contributed by atoms with Gasteiger partial charge in [0.25, 0.3) is 5.91 Å². The summed E-state index contributed by atoms with van der Waals surface area (Å²) in [7, 11) is 0. The number of nitrogens with zero attached hydrogens (tertiary/aromatic N) is 1. The summed E-state index contributed by atoms with van der Waals surface area (Å²) in [6.07, 6.45) is -0.527. The Morgan fingerprint density at radius 1 is 1.09 bits per heavy atom. The van der Waals surface area contributed by atoms with Crippen molar-refractivity contribution < 1.29 is 14.3 Å². The number of nitrogens with one attached hydrogen (secondary N) is 3. The van der Waals surface area contributed by atoms with Crippen molar-refractivity contribution in [3.63, 3.8) is 0 Å². The van der Waals surface area contributed by atoms with E-state index >= 15 is 0 Å². The molecule has 7 nitrogen and oxygen atoms in total. The van der Waals surface area contributed by atoms with E-state index in [-0.39, 0.29) is 11.8 Å². The van der Waals surface area contributed by atoms with Crippen LogP contribution in [0.15, 0.2) is 60.7 Å². The number of carbonyl (C=O) groups is 2. The summed E-state index contributed by atoms with van der Waals surface area (Å²) in [5, 5.41) is 9.87. The number of carbonyl (C=O) groups excluding carboxylic acids is 2. The Labute approximate surface area is 201 Å². The average Bonchev–Trinajstić information content (AvgIpc) is 3.23. The number of hydrogen-bond donors (Lipinski definition) is 3. The molecule has 4 aromatic rings. The van der Waals surface area contributed by atoms with Crippen molar-refractivity contribution in [2.45, 2.75) is 32.9 Å². The molecule has 0 radical (unpaired) electrons. The highest BCUT2D eigenvalue weighted by Crippen LogP contribution is 2.33. The van der Waals surface area contributed by atoms with Crippen molar-refractivity contribution in [2.24, 2.45) is 0 Å². The van der Waals surface area contributed by atoms with Crippen LogP contribution in [0.1, 0.15) is 19.4 Å². The largest absolute Gasteiger partial charge is 0.479 e. The third-order valence-corrected chi connectivity index (χ3v) is 6.70. The molecule has 8 heteroatoms. The summed E-state index contributed by atoms with van der Waals surface area (Å²) in [4.78, 5) is 29.3. The van der Waals surface area contributed by atoms with Gasteiger partial charge in [-0.15, -0.1) is 11.3 Å². The molecule has 1 aliphatic rings. The molecule has 0 aliphatic carbocycles. The van der Waals surface area contributed by atoms with E-state index in [9.17, 15) is 9.59 Å². The van der Waals surface area contributed by atoms with E-state index in [0.29, 0.717) is 22.8 Å². The predicted octanol–water partition coefficient (Wildman–Crippen LogP) is 5.43. The van der Waals surface area contributed by atoms with Gasteiger partial charge in [-0.2, -0.15) is 0 Å². The summed E-state index contributed by atoms with van der Waals surface area (Å²) in [6, 6.07) is 18.8. The SMILES string of the molecule is Cc1ccc2nc(-c3ccc(NC(=O)[C@H](C)Nc4ccc5c(c4)NC(=O)[C@@H](C)O5)cc3)sc2c1. The fourth-order valence-corrected chi connectivity index (χ4v) is 4.79. The second kappa shape index (κ2) is 8.79. The minimum atomic E-state index is -0.527. The van der Waals surface area contributed by atoms with Crippen LogP contribution in [0.4, 0.5) is 17.1 Å². The van der Waals surface area contributed by atoms with E-state index in [2.05, 4.69) is 35.0 Å². The summed E-state index contributed by atoms with van der Waals surface area (Å²) in [5.41, 5.74) is 5.22. The number of thiazole rings is 1. The zero-order valence-corrected chi connectivity index (χ0v) is 19.8. The predicted molar refractivity (Wildman–Crippen MR) is 137 cm³/mol. The number of aryl methyl sites for hydroxylation is 1. The fourth-order valence-electron chi connectivity index (χ4n) is 3.72. The lowest BCUT2D eigenvalue weighted by atomic mass is 10.2. The minimum Gasteiger partial charge on any atom is -0.479 e. The Kier molecular flexibility index (Phi) is 5.67. The molecule has 3 aromatic carbocycles. The molecule has 2 atom stereocenters. The lowest BCUT2D eigenvalue weighted by molar-refractivity contribution is -0.122. The maximum atomic E-state index is 12.7.